The molecular formula is C29H26ClN5O2. The van der Waals surface area contributed by atoms with Crippen LogP contribution in [0.2, 0.25) is 5.02 Å². The number of ether oxygens (including phenoxy) is 1. The number of fused-ring (bicyclic) bond motifs is 1. The second-order valence-electron chi connectivity index (χ2n) is 8.48. The Kier molecular flexibility index (Phi) is 7.80. The van der Waals surface area contributed by atoms with Crippen molar-refractivity contribution in [3.05, 3.63) is 110 Å². The van der Waals surface area contributed by atoms with Gasteiger partial charge in [-0.15, -0.1) is 0 Å². The lowest BCUT2D eigenvalue weighted by molar-refractivity contribution is 0.307. The molecule has 0 fully saturated rings. The lowest BCUT2D eigenvalue weighted by Gasteiger charge is -2.16. The van der Waals surface area contributed by atoms with Gasteiger partial charge in [-0.25, -0.2) is 4.98 Å². The van der Waals surface area contributed by atoms with Crippen molar-refractivity contribution in [2.24, 2.45) is 4.99 Å². The van der Waals surface area contributed by atoms with E-state index >= 15 is 0 Å². The van der Waals surface area contributed by atoms with Crippen molar-refractivity contribution in [1.29, 1.82) is 5.26 Å². The quantitative estimate of drug-likeness (QED) is 0.299. The second-order valence-corrected chi connectivity index (χ2v) is 8.89. The highest BCUT2D eigenvalue weighted by atomic mass is 35.5. The summed E-state index contributed by atoms with van der Waals surface area (Å²) in [6.07, 6.45) is 5.24. The standard InChI is InChI=1S/C29H26ClN5O2/c1-5-18(2)27(32-4)22-14-19(3)34-28-21(22)9-6-10-26(28)37-17-23-24(30)11-12-33-25(23)16-35-13-7-8-20(15-31)29(35)36/h5-14H,16-17H2,1-4H3/b18-5-,32-27+. The topological polar surface area (TPSA) is 93.2 Å². The summed E-state index contributed by atoms with van der Waals surface area (Å²) in [7, 11) is 1.79. The highest BCUT2D eigenvalue weighted by Gasteiger charge is 2.16. The minimum Gasteiger partial charge on any atom is -0.486 e. The van der Waals surface area contributed by atoms with Gasteiger partial charge in [0.1, 0.15) is 29.5 Å². The van der Waals surface area contributed by atoms with Gasteiger partial charge in [0, 0.05) is 41.6 Å². The molecule has 8 heteroatoms. The number of allylic oxidation sites excluding steroid dienone is 2. The summed E-state index contributed by atoms with van der Waals surface area (Å²) in [6.45, 7) is 6.26. The molecule has 4 rings (SSSR count). The van der Waals surface area contributed by atoms with E-state index in [-0.39, 0.29) is 24.3 Å². The molecule has 186 valence electrons. The number of benzene rings is 1. The molecule has 0 aliphatic carbocycles. The maximum absolute atomic E-state index is 12.6. The van der Waals surface area contributed by atoms with Gasteiger partial charge < -0.3 is 9.30 Å². The third-order valence-electron chi connectivity index (χ3n) is 6.14. The van der Waals surface area contributed by atoms with Crippen LogP contribution in [0.25, 0.3) is 10.9 Å². The number of aromatic nitrogens is 3. The van der Waals surface area contributed by atoms with E-state index in [1.807, 2.05) is 57.2 Å². The summed E-state index contributed by atoms with van der Waals surface area (Å²) in [5.74, 6) is 0.602. The minimum absolute atomic E-state index is 0.0680. The third-order valence-corrected chi connectivity index (χ3v) is 6.49. The number of aliphatic imine (C=N–C) groups is 1. The molecule has 3 heterocycles. The van der Waals surface area contributed by atoms with Gasteiger partial charge in [0.15, 0.2) is 0 Å². The highest BCUT2D eigenvalue weighted by molar-refractivity contribution is 6.31. The summed E-state index contributed by atoms with van der Waals surface area (Å²) in [5.41, 5.74) is 5.46. The number of para-hydroxylation sites is 1. The molecule has 7 nitrogen and oxygen atoms in total. The average Bonchev–Trinajstić information content (AvgIpc) is 2.89. The molecule has 1 aromatic carbocycles. The first-order chi connectivity index (χ1) is 17.9. The van der Waals surface area contributed by atoms with Crippen LogP contribution in [0.15, 0.2) is 76.3 Å². The largest absolute Gasteiger partial charge is 0.486 e. The van der Waals surface area contributed by atoms with Crippen molar-refractivity contribution in [3.8, 4) is 11.8 Å². The van der Waals surface area contributed by atoms with E-state index in [4.69, 9.17) is 21.3 Å². The van der Waals surface area contributed by atoms with Gasteiger partial charge in [0.2, 0.25) is 0 Å². The van der Waals surface area contributed by atoms with Crippen molar-refractivity contribution in [2.45, 2.75) is 33.9 Å². The molecular weight excluding hydrogens is 486 g/mol. The third kappa shape index (κ3) is 5.30. The van der Waals surface area contributed by atoms with Gasteiger partial charge in [0.05, 0.1) is 23.0 Å². The number of hydrogen-bond acceptors (Lipinski definition) is 6. The molecule has 0 aliphatic heterocycles. The lowest BCUT2D eigenvalue weighted by atomic mass is 9.98. The van der Waals surface area contributed by atoms with Gasteiger partial charge in [-0.05, 0) is 56.7 Å². The fourth-order valence-corrected chi connectivity index (χ4v) is 4.38. The number of nitriles is 1. The molecule has 37 heavy (non-hydrogen) atoms. The van der Waals surface area contributed by atoms with Crippen LogP contribution < -0.4 is 10.3 Å². The molecule has 3 aromatic heterocycles. The van der Waals surface area contributed by atoms with Crippen LogP contribution in [0.3, 0.4) is 0 Å². The molecule has 0 aliphatic rings. The van der Waals surface area contributed by atoms with Gasteiger partial charge in [-0.3, -0.25) is 14.8 Å². The molecule has 0 amide bonds. The molecule has 0 radical (unpaired) electrons. The number of rotatable bonds is 7. The first-order valence-corrected chi connectivity index (χ1v) is 12.1. The fourth-order valence-electron chi connectivity index (χ4n) is 4.16. The Bertz CT molecular complexity index is 1650. The van der Waals surface area contributed by atoms with Crippen LogP contribution in [0.4, 0.5) is 0 Å². The smallest absolute Gasteiger partial charge is 0.268 e. The molecule has 0 N–H and O–H groups in total. The molecule has 0 unspecified atom stereocenters. The van der Waals surface area contributed by atoms with Crippen LogP contribution in [0, 0.1) is 18.3 Å². The summed E-state index contributed by atoms with van der Waals surface area (Å²) in [5, 5.41) is 10.6. The normalized spacial score (nSPS) is 12.0. The van der Waals surface area contributed by atoms with Gasteiger partial charge >= 0.3 is 0 Å². The maximum Gasteiger partial charge on any atom is 0.268 e. The summed E-state index contributed by atoms with van der Waals surface area (Å²) in [6, 6.07) is 14.6. The maximum atomic E-state index is 12.6. The number of halogens is 1. The van der Waals surface area contributed by atoms with E-state index in [0.717, 1.165) is 33.4 Å². The van der Waals surface area contributed by atoms with Crippen molar-refractivity contribution in [1.82, 2.24) is 14.5 Å². The molecule has 0 atom stereocenters. The molecule has 4 aromatic rings. The van der Waals surface area contributed by atoms with Gasteiger partial charge in [0.25, 0.3) is 5.56 Å². The Labute approximate surface area is 220 Å². The number of aryl methyl sites for hydroxylation is 1. The van der Waals surface area contributed by atoms with Crippen LogP contribution >= 0.6 is 11.6 Å². The minimum atomic E-state index is -0.385. The van der Waals surface area contributed by atoms with Gasteiger partial charge in [-0.1, -0.05) is 29.8 Å². The number of pyridine rings is 3. The van der Waals surface area contributed by atoms with Crippen LogP contribution in [0.1, 0.15) is 41.9 Å². The van der Waals surface area contributed by atoms with E-state index < -0.39 is 0 Å². The number of hydrogen-bond donors (Lipinski definition) is 0. The highest BCUT2D eigenvalue weighted by Crippen LogP contribution is 2.30. The summed E-state index contributed by atoms with van der Waals surface area (Å²) in [4.78, 5) is 26.3. The molecule has 0 bridgehead atoms. The predicted octanol–water partition coefficient (Wildman–Crippen LogP) is 5.64. The second kappa shape index (κ2) is 11.2. The first-order valence-electron chi connectivity index (χ1n) is 11.7. The van der Waals surface area contributed by atoms with E-state index in [0.29, 0.717) is 22.0 Å². The Hall–Kier alpha value is -4.28. The van der Waals surface area contributed by atoms with Crippen LogP contribution in [-0.2, 0) is 13.2 Å². The Balaban J connectivity index is 1.72. The summed E-state index contributed by atoms with van der Waals surface area (Å²) < 4.78 is 7.70. The van der Waals surface area contributed by atoms with E-state index in [1.54, 1.807) is 31.6 Å². The monoisotopic (exact) mass is 511 g/mol. The van der Waals surface area contributed by atoms with Crippen LogP contribution in [0.5, 0.6) is 5.75 Å². The van der Waals surface area contributed by atoms with Crippen molar-refractivity contribution in [2.75, 3.05) is 7.05 Å². The van der Waals surface area contributed by atoms with Gasteiger partial charge in [-0.2, -0.15) is 5.26 Å². The zero-order valence-electron chi connectivity index (χ0n) is 21.1. The average molecular weight is 512 g/mol. The SMILES string of the molecule is C/C=C(C)\C(=N/C)c1cc(C)nc2c(OCc3c(Cl)ccnc3Cn3cccc(C#N)c3=O)cccc12. The fraction of sp³-hybridized carbons (Fsp3) is 0.207. The Morgan fingerprint density at radius 1 is 1.27 bits per heavy atom. The Morgan fingerprint density at radius 3 is 2.81 bits per heavy atom. The van der Waals surface area contributed by atoms with E-state index in [2.05, 4.69) is 9.98 Å². The zero-order valence-corrected chi connectivity index (χ0v) is 21.9. The first kappa shape index (κ1) is 25.8. The molecule has 0 spiro atoms. The van der Waals surface area contributed by atoms with Crippen molar-refractivity contribution in [3.63, 3.8) is 0 Å². The van der Waals surface area contributed by atoms with Crippen molar-refractivity contribution < 1.29 is 4.74 Å². The summed E-state index contributed by atoms with van der Waals surface area (Å²) >= 11 is 6.54. The number of nitrogens with zero attached hydrogens (tertiary/aromatic N) is 5. The van der Waals surface area contributed by atoms with E-state index in [1.165, 1.54) is 10.6 Å². The predicted molar refractivity (Wildman–Crippen MR) is 146 cm³/mol. The zero-order chi connectivity index (χ0) is 26.5. The Morgan fingerprint density at radius 2 is 2.08 bits per heavy atom. The molecule has 0 saturated heterocycles. The molecule has 0 saturated carbocycles. The van der Waals surface area contributed by atoms with E-state index in [9.17, 15) is 10.1 Å². The lowest BCUT2D eigenvalue weighted by Crippen LogP contribution is -2.23. The van der Waals surface area contributed by atoms with Crippen molar-refractivity contribution >= 4 is 28.2 Å². The van der Waals surface area contributed by atoms with Crippen LogP contribution in [-0.4, -0.2) is 27.3 Å².